The third kappa shape index (κ3) is 3.92. The molecule has 0 aliphatic carbocycles. The second-order valence-corrected chi connectivity index (χ2v) is 3.92. The minimum atomic E-state index is -0.399. The molecule has 1 aromatic rings. The number of hydrogen-bond donors (Lipinski definition) is 2. The van der Waals surface area contributed by atoms with E-state index in [2.05, 4.69) is 10.3 Å². The van der Waals surface area contributed by atoms with Crippen molar-refractivity contribution < 1.29 is 9.84 Å². The molecular formula is C11H21N3O2. The molecule has 0 amide bonds. The van der Waals surface area contributed by atoms with E-state index in [4.69, 9.17) is 4.74 Å². The van der Waals surface area contributed by atoms with E-state index in [9.17, 15) is 5.11 Å². The van der Waals surface area contributed by atoms with Crippen molar-refractivity contribution >= 4 is 0 Å². The van der Waals surface area contributed by atoms with Gasteiger partial charge in [0.15, 0.2) is 0 Å². The number of aryl methyl sites for hydroxylation is 1. The van der Waals surface area contributed by atoms with E-state index in [0.717, 1.165) is 17.9 Å². The lowest BCUT2D eigenvalue weighted by atomic mass is 10.3. The summed E-state index contributed by atoms with van der Waals surface area (Å²) in [4.78, 5) is 4.19. The molecule has 0 bridgehead atoms. The molecule has 1 rings (SSSR count). The zero-order chi connectivity index (χ0) is 12.0. The molecule has 16 heavy (non-hydrogen) atoms. The maximum atomic E-state index is 9.78. The lowest BCUT2D eigenvalue weighted by Crippen LogP contribution is -2.32. The van der Waals surface area contributed by atoms with Crippen LogP contribution in [0.1, 0.15) is 11.4 Å². The van der Waals surface area contributed by atoms with Crippen molar-refractivity contribution in [1.29, 1.82) is 0 Å². The first-order valence-corrected chi connectivity index (χ1v) is 5.51. The van der Waals surface area contributed by atoms with Gasteiger partial charge < -0.3 is 19.7 Å². The average Bonchev–Trinajstić information content (AvgIpc) is 2.56. The molecule has 0 aromatic carbocycles. The van der Waals surface area contributed by atoms with Gasteiger partial charge in [0.1, 0.15) is 0 Å². The molecule has 5 heteroatoms. The molecule has 2 N–H and O–H groups in total. The van der Waals surface area contributed by atoms with E-state index >= 15 is 0 Å². The van der Waals surface area contributed by atoms with Crippen molar-refractivity contribution in [2.24, 2.45) is 0 Å². The number of aliphatic hydroxyl groups excluding tert-OH is 1. The number of nitrogens with zero attached hydrogens (tertiary/aromatic N) is 2. The van der Waals surface area contributed by atoms with Crippen molar-refractivity contribution in [3.63, 3.8) is 0 Å². The molecule has 1 unspecified atom stereocenters. The van der Waals surface area contributed by atoms with Gasteiger partial charge in [-0.05, 0) is 13.8 Å². The second-order valence-electron chi connectivity index (χ2n) is 3.92. The van der Waals surface area contributed by atoms with Crippen molar-refractivity contribution in [3.8, 4) is 0 Å². The Hall–Kier alpha value is -0.910. The lowest BCUT2D eigenvalue weighted by Gasteiger charge is -2.13. The van der Waals surface area contributed by atoms with Crippen LogP contribution in [0.3, 0.4) is 0 Å². The number of imidazole rings is 1. The van der Waals surface area contributed by atoms with Crippen LogP contribution in [0.15, 0.2) is 6.33 Å². The van der Waals surface area contributed by atoms with Crippen molar-refractivity contribution in [2.45, 2.75) is 26.5 Å². The van der Waals surface area contributed by atoms with Crippen LogP contribution in [-0.4, -0.2) is 47.6 Å². The van der Waals surface area contributed by atoms with Crippen LogP contribution in [0.5, 0.6) is 0 Å². The van der Waals surface area contributed by atoms with Gasteiger partial charge >= 0.3 is 0 Å². The standard InChI is InChI=1S/C11H21N3O2/c1-9-10(2)14(8-13-9)7-11(15)6-12-4-5-16-3/h8,11-12,15H,4-7H2,1-3H3. The van der Waals surface area contributed by atoms with Crippen LogP contribution in [0.25, 0.3) is 0 Å². The number of nitrogens with one attached hydrogen (secondary N) is 1. The summed E-state index contributed by atoms with van der Waals surface area (Å²) in [5.74, 6) is 0. The first kappa shape index (κ1) is 13.2. The SMILES string of the molecule is COCCNCC(O)Cn1cnc(C)c1C. The number of ether oxygens (including phenoxy) is 1. The molecule has 0 saturated heterocycles. The fourth-order valence-corrected chi connectivity index (χ4v) is 1.46. The topological polar surface area (TPSA) is 59.3 Å². The van der Waals surface area contributed by atoms with E-state index in [-0.39, 0.29) is 0 Å². The quantitative estimate of drug-likeness (QED) is 0.649. The van der Waals surface area contributed by atoms with Gasteiger partial charge in [-0.1, -0.05) is 0 Å². The van der Waals surface area contributed by atoms with Crippen LogP contribution < -0.4 is 5.32 Å². The Morgan fingerprint density at radius 2 is 2.31 bits per heavy atom. The fourth-order valence-electron chi connectivity index (χ4n) is 1.46. The molecule has 0 spiro atoms. The number of rotatable bonds is 7. The zero-order valence-corrected chi connectivity index (χ0v) is 10.2. The number of methoxy groups -OCH3 is 1. The zero-order valence-electron chi connectivity index (χ0n) is 10.2. The highest BCUT2D eigenvalue weighted by Crippen LogP contribution is 2.04. The lowest BCUT2D eigenvalue weighted by molar-refractivity contribution is 0.143. The van der Waals surface area contributed by atoms with Gasteiger partial charge in [-0.15, -0.1) is 0 Å². The van der Waals surface area contributed by atoms with E-state index in [0.29, 0.717) is 19.7 Å². The first-order valence-electron chi connectivity index (χ1n) is 5.51. The maximum Gasteiger partial charge on any atom is 0.0952 e. The molecule has 0 aliphatic rings. The summed E-state index contributed by atoms with van der Waals surface area (Å²) in [6.07, 6.45) is 1.37. The summed E-state index contributed by atoms with van der Waals surface area (Å²) in [5.41, 5.74) is 2.12. The predicted octanol–water partition coefficient (Wildman–Crippen LogP) is 0.0968. The van der Waals surface area contributed by atoms with Gasteiger partial charge in [0, 0.05) is 25.9 Å². The third-order valence-corrected chi connectivity index (χ3v) is 2.62. The summed E-state index contributed by atoms with van der Waals surface area (Å²) in [7, 11) is 1.66. The third-order valence-electron chi connectivity index (χ3n) is 2.62. The Balaban J connectivity index is 2.28. The highest BCUT2D eigenvalue weighted by Gasteiger charge is 2.07. The fraction of sp³-hybridized carbons (Fsp3) is 0.727. The van der Waals surface area contributed by atoms with Crippen LogP contribution in [0, 0.1) is 13.8 Å². The predicted molar refractivity (Wildman–Crippen MR) is 62.5 cm³/mol. The van der Waals surface area contributed by atoms with Crippen molar-refractivity contribution in [1.82, 2.24) is 14.9 Å². The maximum absolute atomic E-state index is 9.78. The van der Waals surface area contributed by atoms with E-state index in [1.165, 1.54) is 0 Å². The van der Waals surface area contributed by atoms with Crippen LogP contribution in [-0.2, 0) is 11.3 Å². The molecule has 0 saturated carbocycles. The molecular weight excluding hydrogens is 206 g/mol. The Morgan fingerprint density at radius 1 is 1.56 bits per heavy atom. The summed E-state index contributed by atoms with van der Waals surface area (Å²) < 4.78 is 6.88. The van der Waals surface area contributed by atoms with E-state index in [1.807, 2.05) is 18.4 Å². The molecule has 5 nitrogen and oxygen atoms in total. The minimum absolute atomic E-state index is 0.399. The minimum Gasteiger partial charge on any atom is -0.390 e. The van der Waals surface area contributed by atoms with Gasteiger partial charge in [0.2, 0.25) is 0 Å². The highest BCUT2D eigenvalue weighted by atomic mass is 16.5. The Kier molecular flexibility index (Phi) is 5.45. The molecule has 0 aliphatic heterocycles. The summed E-state index contributed by atoms with van der Waals surface area (Å²) in [6, 6.07) is 0. The molecule has 1 atom stereocenters. The largest absolute Gasteiger partial charge is 0.390 e. The van der Waals surface area contributed by atoms with Crippen molar-refractivity contribution in [3.05, 3.63) is 17.7 Å². The molecule has 0 radical (unpaired) electrons. The summed E-state index contributed by atoms with van der Waals surface area (Å²) >= 11 is 0. The van der Waals surface area contributed by atoms with Gasteiger partial charge in [-0.25, -0.2) is 4.98 Å². The Bertz CT molecular complexity index is 312. The molecule has 92 valence electrons. The van der Waals surface area contributed by atoms with Crippen LogP contribution in [0.4, 0.5) is 0 Å². The van der Waals surface area contributed by atoms with Crippen molar-refractivity contribution in [2.75, 3.05) is 26.8 Å². The van der Waals surface area contributed by atoms with E-state index in [1.54, 1.807) is 13.4 Å². The Morgan fingerprint density at radius 3 is 2.88 bits per heavy atom. The Labute approximate surface area is 96.4 Å². The van der Waals surface area contributed by atoms with Gasteiger partial charge in [0.25, 0.3) is 0 Å². The molecule has 1 aromatic heterocycles. The normalized spacial score (nSPS) is 13.0. The first-order chi connectivity index (χ1) is 7.65. The second kappa shape index (κ2) is 6.62. The highest BCUT2D eigenvalue weighted by molar-refractivity contribution is 5.08. The summed E-state index contributed by atoms with van der Waals surface area (Å²) in [6.45, 7) is 6.54. The molecule has 1 heterocycles. The number of aliphatic hydroxyl groups is 1. The van der Waals surface area contributed by atoms with Crippen LogP contribution in [0.2, 0.25) is 0 Å². The van der Waals surface area contributed by atoms with Crippen LogP contribution >= 0.6 is 0 Å². The number of hydrogen-bond acceptors (Lipinski definition) is 4. The number of aromatic nitrogens is 2. The van der Waals surface area contributed by atoms with Gasteiger partial charge in [0.05, 0.1) is 31.3 Å². The van der Waals surface area contributed by atoms with Gasteiger partial charge in [-0.2, -0.15) is 0 Å². The smallest absolute Gasteiger partial charge is 0.0952 e. The summed E-state index contributed by atoms with van der Waals surface area (Å²) in [5, 5.41) is 12.9. The van der Waals surface area contributed by atoms with E-state index < -0.39 is 6.10 Å². The van der Waals surface area contributed by atoms with Gasteiger partial charge in [-0.3, -0.25) is 0 Å². The molecule has 0 fully saturated rings. The monoisotopic (exact) mass is 227 g/mol. The average molecular weight is 227 g/mol.